The van der Waals surface area contributed by atoms with Gasteiger partial charge in [-0.05, 0) is 41.7 Å². The zero-order valence-corrected chi connectivity index (χ0v) is 24.4. The predicted octanol–water partition coefficient (Wildman–Crippen LogP) is 4.98. The summed E-state index contributed by atoms with van der Waals surface area (Å²) in [5.41, 5.74) is 3.17. The molecule has 0 unspecified atom stereocenters. The van der Waals surface area contributed by atoms with Crippen LogP contribution < -0.4 is 9.30 Å². The number of fused-ring (bicyclic) bond motifs is 2. The number of aryl methyl sites for hydroxylation is 1. The number of pyridine rings is 1. The molecule has 0 saturated carbocycles. The normalized spacial score (nSPS) is 13.2. The Balaban J connectivity index is 1.57. The van der Waals surface area contributed by atoms with Crippen molar-refractivity contribution in [3.8, 4) is 16.9 Å². The lowest BCUT2D eigenvalue weighted by atomic mass is 9.90. The highest BCUT2D eigenvalue weighted by Crippen LogP contribution is 2.41. The van der Waals surface area contributed by atoms with E-state index in [1.807, 2.05) is 37.6 Å². The quantitative estimate of drug-likeness (QED) is 0.0662. The highest BCUT2D eigenvalue weighted by molar-refractivity contribution is 6.13. The average molecular weight is 601 g/mol. The van der Waals surface area contributed by atoms with Crippen LogP contribution in [0.4, 0.5) is 5.69 Å². The molecule has 0 bridgehead atoms. The van der Waals surface area contributed by atoms with Crippen molar-refractivity contribution in [1.29, 1.82) is 0 Å². The molecule has 1 aliphatic heterocycles. The third kappa shape index (κ3) is 5.65. The van der Waals surface area contributed by atoms with Crippen molar-refractivity contribution in [3.05, 3.63) is 75.8 Å². The Kier molecular flexibility index (Phi) is 8.26. The molecule has 1 saturated heterocycles. The van der Waals surface area contributed by atoms with Crippen molar-refractivity contribution in [1.82, 2.24) is 5.06 Å². The van der Waals surface area contributed by atoms with Crippen LogP contribution in [-0.2, 0) is 26.3 Å². The van der Waals surface area contributed by atoms with Crippen molar-refractivity contribution >= 4 is 51.2 Å². The summed E-state index contributed by atoms with van der Waals surface area (Å²) in [6, 6.07) is 15.1. The van der Waals surface area contributed by atoms with E-state index in [0.717, 1.165) is 0 Å². The topological polar surface area (TPSA) is 157 Å². The maximum absolute atomic E-state index is 12.6. The van der Waals surface area contributed by atoms with Crippen molar-refractivity contribution in [2.45, 2.75) is 45.4 Å². The number of ether oxygens (including phenoxy) is 1. The number of carboxylic acid groups (broad SMARTS) is 1. The number of hydroxylamine groups is 2. The lowest BCUT2D eigenvalue weighted by molar-refractivity contribution is -0.617. The second kappa shape index (κ2) is 12.1. The number of para-hydroxylation sites is 1. The fourth-order valence-electron chi connectivity index (χ4n) is 5.45. The Morgan fingerprint density at radius 2 is 1.70 bits per heavy atom. The molecule has 1 N–H and O–H groups in total. The van der Waals surface area contributed by atoms with Crippen LogP contribution >= 0.6 is 0 Å². The molecule has 4 aromatic rings. The molecule has 12 nitrogen and oxygen atoms in total. The van der Waals surface area contributed by atoms with E-state index >= 15 is 0 Å². The minimum Gasteiger partial charge on any atom is -0.493 e. The van der Waals surface area contributed by atoms with Crippen molar-refractivity contribution in [2.24, 2.45) is 7.05 Å². The second-order valence-corrected chi connectivity index (χ2v) is 10.8. The molecule has 44 heavy (non-hydrogen) atoms. The Hall–Kier alpha value is -5.39. The molecule has 3 aromatic carbocycles. The van der Waals surface area contributed by atoms with Crippen molar-refractivity contribution < 1.29 is 43.3 Å². The summed E-state index contributed by atoms with van der Waals surface area (Å²) in [6.45, 7) is 3.85. The molecular formula is C32H30N3O9+. The highest BCUT2D eigenvalue weighted by Gasteiger charge is 2.33. The first-order valence-corrected chi connectivity index (χ1v) is 14.1. The van der Waals surface area contributed by atoms with Crippen molar-refractivity contribution in [2.75, 3.05) is 6.61 Å². The van der Waals surface area contributed by atoms with Gasteiger partial charge in [0.1, 0.15) is 12.8 Å². The van der Waals surface area contributed by atoms with Crippen LogP contribution in [0.5, 0.6) is 5.75 Å². The van der Waals surface area contributed by atoms with E-state index in [1.54, 1.807) is 30.3 Å². The smallest absolute Gasteiger partial charge is 0.337 e. The van der Waals surface area contributed by atoms with Crippen LogP contribution in [0.25, 0.3) is 32.9 Å². The number of nitro benzene ring substituents is 1. The highest BCUT2D eigenvalue weighted by atomic mass is 16.7. The van der Waals surface area contributed by atoms with Gasteiger partial charge in [0.15, 0.2) is 0 Å². The average Bonchev–Trinajstić information content (AvgIpc) is 3.30. The number of nitro groups is 1. The number of amides is 2. The first-order valence-electron chi connectivity index (χ1n) is 14.1. The number of carbonyl (C=O) groups excluding carboxylic acids is 3. The van der Waals surface area contributed by atoms with Gasteiger partial charge in [-0.25, -0.2) is 9.59 Å². The van der Waals surface area contributed by atoms with E-state index in [9.17, 15) is 34.4 Å². The number of imide groups is 1. The van der Waals surface area contributed by atoms with Crippen molar-refractivity contribution in [3.63, 3.8) is 0 Å². The van der Waals surface area contributed by atoms with Gasteiger partial charge in [-0.1, -0.05) is 26.0 Å². The van der Waals surface area contributed by atoms with Gasteiger partial charge in [0.05, 0.1) is 40.4 Å². The number of aromatic carboxylic acids is 1. The number of hydrogen-bond donors (Lipinski definition) is 1. The SMILES string of the molecule is CC(C)c1cc([N+](=O)[O-])ccc1-c1cc2c(C(=O)O)c3ccccc3[n+](C)c2cc1OCCCC(=O)ON1C(=O)CCC1=O. The van der Waals surface area contributed by atoms with Crippen LogP contribution in [0.2, 0.25) is 0 Å². The number of aromatic nitrogens is 1. The molecule has 5 rings (SSSR count). The Bertz CT molecular complexity index is 1850. The van der Waals surface area contributed by atoms with Gasteiger partial charge >= 0.3 is 11.9 Å². The number of non-ortho nitro benzene ring substituents is 1. The molecule has 0 atom stereocenters. The zero-order valence-electron chi connectivity index (χ0n) is 24.4. The zero-order chi connectivity index (χ0) is 31.7. The van der Waals surface area contributed by atoms with Gasteiger partial charge in [-0.3, -0.25) is 19.7 Å². The minimum atomic E-state index is -1.10. The fraction of sp³-hybridized carbons (Fsp3) is 0.281. The maximum Gasteiger partial charge on any atom is 0.337 e. The number of carbonyl (C=O) groups is 4. The minimum absolute atomic E-state index is 0.00270. The summed E-state index contributed by atoms with van der Waals surface area (Å²) in [6.07, 6.45) is 0.0545. The van der Waals surface area contributed by atoms with Gasteiger partial charge in [-0.15, -0.1) is 5.06 Å². The molecule has 226 valence electrons. The van der Waals surface area contributed by atoms with E-state index < -0.39 is 28.7 Å². The number of hydrogen-bond acceptors (Lipinski definition) is 8. The van der Waals surface area contributed by atoms with Gasteiger partial charge in [0, 0.05) is 36.6 Å². The summed E-state index contributed by atoms with van der Waals surface area (Å²) in [5, 5.41) is 23.4. The summed E-state index contributed by atoms with van der Waals surface area (Å²) >= 11 is 0. The lowest BCUT2D eigenvalue weighted by Gasteiger charge is -2.18. The van der Waals surface area contributed by atoms with E-state index in [-0.39, 0.29) is 49.5 Å². The first kappa shape index (κ1) is 30.1. The van der Waals surface area contributed by atoms with Gasteiger partial charge in [-0.2, -0.15) is 4.57 Å². The molecule has 1 aliphatic rings. The van der Waals surface area contributed by atoms with Gasteiger partial charge in [0.2, 0.25) is 11.0 Å². The molecular weight excluding hydrogens is 570 g/mol. The Morgan fingerprint density at radius 1 is 1.00 bits per heavy atom. The third-order valence-corrected chi connectivity index (χ3v) is 7.62. The van der Waals surface area contributed by atoms with Crippen LogP contribution in [0.15, 0.2) is 54.6 Å². The number of carboxylic acids is 1. The number of nitrogens with zero attached hydrogens (tertiary/aromatic N) is 3. The van der Waals surface area contributed by atoms with E-state index in [2.05, 4.69) is 0 Å². The van der Waals surface area contributed by atoms with Gasteiger partial charge < -0.3 is 14.7 Å². The molecule has 0 spiro atoms. The lowest BCUT2D eigenvalue weighted by Crippen LogP contribution is -2.32. The number of rotatable bonds is 10. The largest absolute Gasteiger partial charge is 0.493 e. The van der Waals surface area contributed by atoms with Crippen LogP contribution in [0.1, 0.15) is 61.4 Å². The monoisotopic (exact) mass is 600 g/mol. The first-order chi connectivity index (χ1) is 21.0. The van der Waals surface area contributed by atoms with E-state index in [1.165, 1.54) is 12.1 Å². The second-order valence-electron chi connectivity index (χ2n) is 10.8. The Labute approximate surface area is 251 Å². The molecule has 1 fully saturated rings. The van der Waals surface area contributed by atoms with Crippen LogP contribution in [0, 0.1) is 10.1 Å². The van der Waals surface area contributed by atoms with E-state index in [0.29, 0.717) is 49.3 Å². The molecule has 1 aromatic heterocycles. The summed E-state index contributed by atoms with van der Waals surface area (Å²) in [4.78, 5) is 64.4. The third-order valence-electron chi connectivity index (χ3n) is 7.62. The molecule has 0 radical (unpaired) electrons. The van der Waals surface area contributed by atoms with Gasteiger partial charge in [0.25, 0.3) is 17.5 Å². The van der Waals surface area contributed by atoms with E-state index in [4.69, 9.17) is 9.57 Å². The Morgan fingerprint density at radius 3 is 2.36 bits per heavy atom. The predicted molar refractivity (Wildman–Crippen MR) is 158 cm³/mol. The fourth-order valence-corrected chi connectivity index (χ4v) is 5.45. The summed E-state index contributed by atoms with van der Waals surface area (Å²) < 4.78 is 8.06. The number of benzene rings is 3. The molecule has 0 aliphatic carbocycles. The standard InChI is InChI=1S/C32H29N3O9/c1-18(2)22-15-19(35(41)42)10-11-20(22)23-16-24-26(33(3)25-8-5-4-7-21(25)31(24)32(39)40)17-27(23)43-14-6-9-30(38)44-34-28(36)12-13-29(34)37/h4-5,7-8,10-11,15-18H,6,9,12-14H2,1-3H3/p+1. The van der Waals surface area contributed by atoms with Crippen LogP contribution in [-0.4, -0.2) is 45.5 Å². The summed E-state index contributed by atoms with van der Waals surface area (Å²) in [7, 11) is 1.82. The van der Waals surface area contributed by atoms with Crippen LogP contribution in [0.3, 0.4) is 0 Å². The maximum atomic E-state index is 12.6. The molecule has 2 amide bonds. The molecule has 12 heteroatoms. The summed E-state index contributed by atoms with van der Waals surface area (Å²) in [5.74, 6) is -2.72. The molecule has 2 heterocycles.